The number of nitrogens with zero attached hydrogens (tertiary/aromatic N) is 2. The van der Waals surface area contributed by atoms with E-state index in [2.05, 4.69) is 46.4 Å². The summed E-state index contributed by atoms with van der Waals surface area (Å²) in [6.45, 7) is 6.76. The van der Waals surface area contributed by atoms with Gasteiger partial charge in [0.05, 0.1) is 0 Å². The first-order chi connectivity index (χ1) is 9.86. The second-order valence-electron chi connectivity index (χ2n) is 5.61. The lowest BCUT2D eigenvalue weighted by atomic mass is 10.1. The SMILES string of the molecule is CCN1CCCC1CNCc1ccc2cnccc2c1. The summed E-state index contributed by atoms with van der Waals surface area (Å²) in [5, 5.41) is 6.10. The number of pyridine rings is 1. The number of aromatic nitrogens is 1. The molecule has 1 aliphatic heterocycles. The Hall–Kier alpha value is -1.45. The van der Waals surface area contributed by atoms with Crippen LogP contribution in [-0.4, -0.2) is 35.6 Å². The number of hydrogen-bond acceptors (Lipinski definition) is 3. The van der Waals surface area contributed by atoms with Gasteiger partial charge < -0.3 is 5.32 Å². The van der Waals surface area contributed by atoms with Crippen molar-refractivity contribution in [2.24, 2.45) is 0 Å². The standard InChI is InChI=1S/C17H23N3/c1-2-20-9-3-4-17(20)13-19-11-14-5-6-16-12-18-8-7-15(16)10-14/h5-8,10,12,17,19H,2-4,9,11,13H2,1H3. The molecular formula is C17H23N3. The highest BCUT2D eigenvalue weighted by molar-refractivity contribution is 5.81. The van der Waals surface area contributed by atoms with Crippen LogP contribution < -0.4 is 5.32 Å². The van der Waals surface area contributed by atoms with Crippen LogP contribution in [0.3, 0.4) is 0 Å². The molecule has 0 radical (unpaired) electrons. The second kappa shape index (κ2) is 6.33. The van der Waals surface area contributed by atoms with Gasteiger partial charge >= 0.3 is 0 Å². The molecule has 2 aromatic rings. The molecular weight excluding hydrogens is 246 g/mol. The molecule has 1 N–H and O–H groups in total. The van der Waals surface area contributed by atoms with Crippen molar-refractivity contribution in [1.29, 1.82) is 0 Å². The average molecular weight is 269 g/mol. The van der Waals surface area contributed by atoms with E-state index in [9.17, 15) is 0 Å². The van der Waals surface area contributed by atoms with Crippen LogP contribution in [0.1, 0.15) is 25.3 Å². The third-order valence-electron chi connectivity index (χ3n) is 4.32. The summed E-state index contributed by atoms with van der Waals surface area (Å²) in [5.41, 5.74) is 1.35. The highest BCUT2D eigenvalue weighted by atomic mass is 15.2. The van der Waals surface area contributed by atoms with Gasteiger partial charge in [0.2, 0.25) is 0 Å². The fourth-order valence-corrected chi connectivity index (χ4v) is 3.17. The lowest BCUT2D eigenvalue weighted by Crippen LogP contribution is -2.37. The Labute approximate surface area is 121 Å². The minimum Gasteiger partial charge on any atom is -0.311 e. The summed E-state index contributed by atoms with van der Waals surface area (Å²) in [4.78, 5) is 6.74. The van der Waals surface area contributed by atoms with Gasteiger partial charge in [-0.05, 0) is 49.0 Å². The molecule has 20 heavy (non-hydrogen) atoms. The number of likely N-dealkylation sites (tertiary alicyclic amines) is 1. The molecule has 1 saturated heterocycles. The van der Waals surface area contributed by atoms with Crippen molar-refractivity contribution < 1.29 is 0 Å². The molecule has 2 heterocycles. The first-order valence-electron chi connectivity index (χ1n) is 7.64. The van der Waals surface area contributed by atoms with Gasteiger partial charge in [-0.2, -0.15) is 0 Å². The molecule has 0 bridgehead atoms. The molecule has 1 aliphatic rings. The van der Waals surface area contributed by atoms with Crippen LogP contribution in [0.5, 0.6) is 0 Å². The molecule has 106 valence electrons. The number of fused-ring (bicyclic) bond motifs is 1. The normalized spacial score (nSPS) is 19.8. The minimum absolute atomic E-state index is 0.727. The zero-order valence-electron chi connectivity index (χ0n) is 12.2. The van der Waals surface area contributed by atoms with Crippen LogP contribution in [0.2, 0.25) is 0 Å². The molecule has 3 rings (SSSR count). The van der Waals surface area contributed by atoms with E-state index >= 15 is 0 Å². The topological polar surface area (TPSA) is 28.2 Å². The Balaban J connectivity index is 1.57. The van der Waals surface area contributed by atoms with E-state index in [0.29, 0.717) is 0 Å². The van der Waals surface area contributed by atoms with E-state index in [1.165, 1.54) is 42.3 Å². The van der Waals surface area contributed by atoms with Crippen LogP contribution in [0, 0.1) is 0 Å². The minimum atomic E-state index is 0.727. The molecule has 1 aromatic heterocycles. The van der Waals surface area contributed by atoms with Crippen molar-refractivity contribution >= 4 is 10.8 Å². The van der Waals surface area contributed by atoms with E-state index in [0.717, 1.165) is 19.1 Å². The van der Waals surface area contributed by atoms with Gasteiger partial charge in [0.1, 0.15) is 0 Å². The molecule has 3 heteroatoms. The average Bonchev–Trinajstić information content (AvgIpc) is 2.95. The monoisotopic (exact) mass is 269 g/mol. The number of nitrogens with one attached hydrogen (secondary N) is 1. The van der Waals surface area contributed by atoms with Crippen LogP contribution >= 0.6 is 0 Å². The first kappa shape index (κ1) is 13.5. The van der Waals surface area contributed by atoms with Gasteiger partial charge in [-0.3, -0.25) is 9.88 Å². The number of rotatable bonds is 5. The Morgan fingerprint density at radius 3 is 3.15 bits per heavy atom. The molecule has 1 fully saturated rings. The van der Waals surface area contributed by atoms with Crippen LogP contribution in [-0.2, 0) is 6.54 Å². The van der Waals surface area contributed by atoms with Gasteiger partial charge in [0.25, 0.3) is 0 Å². The lowest BCUT2D eigenvalue weighted by Gasteiger charge is -2.23. The maximum absolute atomic E-state index is 4.15. The first-order valence-corrected chi connectivity index (χ1v) is 7.64. The third-order valence-corrected chi connectivity index (χ3v) is 4.32. The highest BCUT2D eigenvalue weighted by Crippen LogP contribution is 2.17. The summed E-state index contributed by atoms with van der Waals surface area (Å²) in [6, 6.07) is 9.42. The Kier molecular flexibility index (Phi) is 4.28. The smallest absolute Gasteiger partial charge is 0.0346 e. The van der Waals surface area contributed by atoms with E-state index in [-0.39, 0.29) is 0 Å². The summed E-state index contributed by atoms with van der Waals surface area (Å²) in [6.07, 6.45) is 6.47. The molecule has 0 amide bonds. The fraction of sp³-hybridized carbons (Fsp3) is 0.471. The summed E-state index contributed by atoms with van der Waals surface area (Å²) < 4.78 is 0. The van der Waals surface area contributed by atoms with Crippen LogP contribution in [0.4, 0.5) is 0 Å². The van der Waals surface area contributed by atoms with Gasteiger partial charge in [0.15, 0.2) is 0 Å². The van der Waals surface area contributed by atoms with Gasteiger partial charge in [0, 0.05) is 36.9 Å². The summed E-state index contributed by atoms with van der Waals surface area (Å²) >= 11 is 0. The molecule has 1 aromatic carbocycles. The predicted octanol–water partition coefficient (Wildman–Crippen LogP) is 2.81. The Morgan fingerprint density at radius 1 is 1.30 bits per heavy atom. The fourth-order valence-electron chi connectivity index (χ4n) is 3.17. The zero-order chi connectivity index (χ0) is 13.8. The van der Waals surface area contributed by atoms with Crippen molar-refractivity contribution in [2.45, 2.75) is 32.4 Å². The molecule has 0 spiro atoms. The quantitative estimate of drug-likeness (QED) is 0.904. The maximum Gasteiger partial charge on any atom is 0.0346 e. The van der Waals surface area contributed by atoms with Gasteiger partial charge in [-0.1, -0.05) is 19.1 Å². The molecule has 1 unspecified atom stereocenters. The van der Waals surface area contributed by atoms with Crippen molar-refractivity contribution in [3.05, 3.63) is 42.2 Å². The summed E-state index contributed by atoms with van der Waals surface area (Å²) in [5.74, 6) is 0. The van der Waals surface area contributed by atoms with Crippen molar-refractivity contribution in [3.8, 4) is 0 Å². The zero-order valence-corrected chi connectivity index (χ0v) is 12.2. The van der Waals surface area contributed by atoms with Crippen molar-refractivity contribution in [1.82, 2.24) is 15.2 Å². The lowest BCUT2D eigenvalue weighted by molar-refractivity contribution is 0.260. The van der Waals surface area contributed by atoms with E-state index in [1.54, 1.807) is 0 Å². The summed E-state index contributed by atoms with van der Waals surface area (Å²) in [7, 11) is 0. The molecule has 0 saturated carbocycles. The molecule has 1 atom stereocenters. The van der Waals surface area contributed by atoms with E-state index < -0.39 is 0 Å². The maximum atomic E-state index is 4.15. The van der Waals surface area contributed by atoms with Crippen molar-refractivity contribution in [3.63, 3.8) is 0 Å². The largest absolute Gasteiger partial charge is 0.311 e. The van der Waals surface area contributed by atoms with Gasteiger partial charge in [-0.15, -0.1) is 0 Å². The predicted molar refractivity (Wildman–Crippen MR) is 83.7 cm³/mol. The van der Waals surface area contributed by atoms with Gasteiger partial charge in [-0.25, -0.2) is 0 Å². The number of likely N-dealkylation sites (N-methyl/N-ethyl adjacent to an activating group) is 1. The van der Waals surface area contributed by atoms with E-state index in [4.69, 9.17) is 0 Å². The molecule has 3 nitrogen and oxygen atoms in total. The van der Waals surface area contributed by atoms with E-state index in [1.807, 2.05) is 12.4 Å². The van der Waals surface area contributed by atoms with Crippen LogP contribution in [0.15, 0.2) is 36.7 Å². The Morgan fingerprint density at radius 2 is 2.25 bits per heavy atom. The van der Waals surface area contributed by atoms with Crippen molar-refractivity contribution in [2.75, 3.05) is 19.6 Å². The molecule has 0 aliphatic carbocycles. The Bertz CT molecular complexity index is 567. The third kappa shape index (κ3) is 3.00. The second-order valence-corrected chi connectivity index (χ2v) is 5.61. The number of benzene rings is 1. The highest BCUT2D eigenvalue weighted by Gasteiger charge is 2.21. The van der Waals surface area contributed by atoms with Crippen LogP contribution in [0.25, 0.3) is 10.8 Å². The number of hydrogen-bond donors (Lipinski definition) is 1.